The van der Waals surface area contributed by atoms with Gasteiger partial charge in [0.1, 0.15) is 0 Å². The van der Waals surface area contributed by atoms with Gasteiger partial charge in [-0.3, -0.25) is 9.78 Å². The summed E-state index contributed by atoms with van der Waals surface area (Å²) in [5, 5.41) is 0. The van der Waals surface area contributed by atoms with Crippen LogP contribution in [0.4, 0.5) is 0 Å². The number of carbonyl (C=O) groups is 1. The molecule has 25 heavy (non-hydrogen) atoms. The van der Waals surface area contributed by atoms with E-state index < -0.39 is 0 Å². The first-order chi connectivity index (χ1) is 12.1. The number of likely N-dealkylation sites (tertiary alicyclic amines) is 1. The molecular formula is C20H31N3O2. The van der Waals surface area contributed by atoms with Crippen LogP contribution in [0.15, 0.2) is 24.4 Å². The Morgan fingerprint density at radius 3 is 2.72 bits per heavy atom. The second-order valence-corrected chi connectivity index (χ2v) is 7.58. The van der Waals surface area contributed by atoms with Gasteiger partial charge in [-0.15, -0.1) is 0 Å². The van der Waals surface area contributed by atoms with Crippen LogP contribution < -0.4 is 0 Å². The summed E-state index contributed by atoms with van der Waals surface area (Å²) in [6.45, 7) is 8.60. The van der Waals surface area contributed by atoms with E-state index in [1.165, 1.54) is 0 Å². The largest absolute Gasteiger partial charge is 0.376 e. The third kappa shape index (κ3) is 5.02. The van der Waals surface area contributed by atoms with Gasteiger partial charge in [0.05, 0.1) is 18.3 Å². The van der Waals surface area contributed by atoms with Crippen LogP contribution >= 0.6 is 0 Å². The zero-order valence-corrected chi connectivity index (χ0v) is 15.6. The van der Waals surface area contributed by atoms with Gasteiger partial charge in [-0.2, -0.15) is 0 Å². The monoisotopic (exact) mass is 345 g/mol. The minimum atomic E-state index is 0.139. The molecule has 2 aliphatic heterocycles. The molecule has 0 aromatic carbocycles. The number of hydrogen-bond acceptors (Lipinski definition) is 4. The van der Waals surface area contributed by atoms with Gasteiger partial charge in [0.15, 0.2) is 0 Å². The lowest BCUT2D eigenvalue weighted by molar-refractivity contribution is -0.139. The summed E-state index contributed by atoms with van der Waals surface area (Å²) >= 11 is 0. The van der Waals surface area contributed by atoms with Crippen molar-refractivity contribution in [2.45, 2.75) is 58.2 Å². The molecule has 0 radical (unpaired) electrons. The highest BCUT2D eigenvalue weighted by Gasteiger charge is 2.31. The fraction of sp³-hybridized carbons (Fsp3) is 0.700. The van der Waals surface area contributed by atoms with E-state index >= 15 is 0 Å². The summed E-state index contributed by atoms with van der Waals surface area (Å²) in [5.41, 5.74) is 0.952. The van der Waals surface area contributed by atoms with Crippen LogP contribution in [0.1, 0.15) is 45.2 Å². The molecule has 1 aromatic rings. The molecule has 3 heterocycles. The van der Waals surface area contributed by atoms with Crippen molar-refractivity contribution in [3.05, 3.63) is 30.1 Å². The smallest absolute Gasteiger partial charge is 0.226 e. The molecule has 1 unspecified atom stereocenters. The quantitative estimate of drug-likeness (QED) is 0.795. The van der Waals surface area contributed by atoms with Crippen LogP contribution in [-0.4, -0.2) is 59.1 Å². The van der Waals surface area contributed by atoms with Crippen molar-refractivity contribution in [2.75, 3.05) is 26.2 Å². The van der Waals surface area contributed by atoms with Crippen molar-refractivity contribution in [3.63, 3.8) is 0 Å². The number of pyridine rings is 1. The first-order valence-electron chi connectivity index (χ1n) is 9.68. The molecule has 138 valence electrons. The van der Waals surface area contributed by atoms with E-state index in [0.717, 1.165) is 51.1 Å². The molecule has 2 aliphatic rings. The van der Waals surface area contributed by atoms with Gasteiger partial charge in [0.25, 0.3) is 0 Å². The number of hydrogen-bond donors (Lipinski definition) is 0. The van der Waals surface area contributed by atoms with E-state index in [2.05, 4.69) is 23.7 Å². The zero-order chi connectivity index (χ0) is 17.6. The highest BCUT2D eigenvalue weighted by molar-refractivity contribution is 5.79. The maximum atomic E-state index is 13.2. The van der Waals surface area contributed by atoms with Gasteiger partial charge in [-0.25, -0.2) is 0 Å². The zero-order valence-electron chi connectivity index (χ0n) is 15.6. The predicted octanol–water partition coefficient (Wildman–Crippen LogP) is 2.71. The molecule has 0 N–H and O–H groups in total. The number of carbonyl (C=O) groups excluding carboxylic acids is 1. The minimum absolute atomic E-state index is 0.139. The lowest BCUT2D eigenvalue weighted by Gasteiger charge is -2.36. The third-order valence-corrected chi connectivity index (χ3v) is 5.45. The van der Waals surface area contributed by atoms with Gasteiger partial charge in [-0.05, 0) is 64.8 Å². The Bertz CT molecular complexity index is 535. The van der Waals surface area contributed by atoms with E-state index in [4.69, 9.17) is 4.74 Å². The fourth-order valence-electron chi connectivity index (χ4n) is 3.87. The normalized spacial score (nSPS) is 22.4. The lowest BCUT2D eigenvalue weighted by atomic mass is 9.94. The standard InChI is InChI=1S/C20H31N3O2/c1-16(2)22-11-8-17(9-12-22)20(24)23(15-19-7-5-13-25-19)14-18-6-3-4-10-21-18/h3-4,6,10,16-17,19H,5,7-9,11-15H2,1-2H3. The topological polar surface area (TPSA) is 45.7 Å². The molecular weight excluding hydrogens is 314 g/mol. The highest BCUT2D eigenvalue weighted by Crippen LogP contribution is 2.23. The van der Waals surface area contributed by atoms with Crippen molar-refractivity contribution in [3.8, 4) is 0 Å². The highest BCUT2D eigenvalue weighted by atomic mass is 16.5. The number of piperidine rings is 1. The average molecular weight is 345 g/mol. The van der Waals surface area contributed by atoms with Crippen LogP contribution in [0.25, 0.3) is 0 Å². The molecule has 5 heteroatoms. The SMILES string of the molecule is CC(C)N1CCC(C(=O)N(Cc2ccccn2)CC2CCCO2)CC1. The van der Waals surface area contributed by atoms with E-state index in [0.29, 0.717) is 19.1 Å². The molecule has 1 amide bonds. The molecule has 2 fully saturated rings. The second-order valence-electron chi connectivity index (χ2n) is 7.58. The number of amides is 1. The van der Waals surface area contributed by atoms with Crippen molar-refractivity contribution >= 4 is 5.91 Å². The molecule has 3 rings (SSSR count). The Balaban J connectivity index is 1.64. The van der Waals surface area contributed by atoms with Crippen LogP contribution in [0.5, 0.6) is 0 Å². The van der Waals surface area contributed by atoms with E-state index in [9.17, 15) is 4.79 Å². The van der Waals surface area contributed by atoms with Gasteiger partial charge >= 0.3 is 0 Å². The minimum Gasteiger partial charge on any atom is -0.376 e. The van der Waals surface area contributed by atoms with Crippen molar-refractivity contribution in [1.29, 1.82) is 0 Å². The van der Waals surface area contributed by atoms with Crippen LogP contribution in [0.3, 0.4) is 0 Å². The summed E-state index contributed by atoms with van der Waals surface area (Å²) in [4.78, 5) is 22.1. The predicted molar refractivity (Wildman–Crippen MR) is 98.1 cm³/mol. The Morgan fingerprint density at radius 2 is 2.12 bits per heavy atom. The Labute approximate surface area is 151 Å². The molecule has 1 atom stereocenters. The van der Waals surface area contributed by atoms with E-state index in [1.807, 2.05) is 23.1 Å². The molecule has 5 nitrogen and oxygen atoms in total. The summed E-state index contributed by atoms with van der Waals surface area (Å²) in [7, 11) is 0. The van der Waals surface area contributed by atoms with Crippen molar-refractivity contribution in [2.24, 2.45) is 5.92 Å². The summed E-state index contributed by atoms with van der Waals surface area (Å²) in [5.74, 6) is 0.421. The van der Waals surface area contributed by atoms with Gasteiger partial charge in [-0.1, -0.05) is 6.07 Å². The number of aromatic nitrogens is 1. The van der Waals surface area contributed by atoms with Crippen molar-refractivity contribution in [1.82, 2.24) is 14.8 Å². The molecule has 0 saturated carbocycles. The van der Waals surface area contributed by atoms with Crippen molar-refractivity contribution < 1.29 is 9.53 Å². The fourth-order valence-corrected chi connectivity index (χ4v) is 3.87. The molecule has 1 aromatic heterocycles. The Hall–Kier alpha value is -1.46. The Morgan fingerprint density at radius 1 is 1.32 bits per heavy atom. The van der Waals surface area contributed by atoms with Crippen LogP contribution in [-0.2, 0) is 16.1 Å². The molecule has 0 aliphatic carbocycles. The first-order valence-corrected chi connectivity index (χ1v) is 9.68. The maximum absolute atomic E-state index is 13.2. The average Bonchev–Trinajstić information content (AvgIpc) is 3.14. The summed E-state index contributed by atoms with van der Waals surface area (Å²) in [6.07, 6.45) is 6.05. The van der Waals surface area contributed by atoms with Gasteiger partial charge in [0.2, 0.25) is 5.91 Å². The summed E-state index contributed by atoms with van der Waals surface area (Å²) in [6, 6.07) is 6.46. The number of ether oxygens (including phenoxy) is 1. The van der Waals surface area contributed by atoms with E-state index in [1.54, 1.807) is 6.20 Å². The summed E-state index contributed by atoms with van der Waals surface area (Å²) < 4.78 is 5.78. The van der Waals surface area contributed by atoms with Crippen LogP contribution in [0.2, 0.25) is 0 Å². The molecule has 0 bridgehead atoms. The number of nitrogens with zero attached hydrogens (tertiary/aromatic N) is 3. The van der Waals surface area contributed by atoms with Gasteiger partial charge < -0.3 is 14.5 Å². The third-order valence-electron chi connectivity index (χ3n) is 5.45. The lowest BCUT2D eigenvalue weighted by Crippen LogP contribution is -2.46. The second kappa shape index (κ2) is 8.77. The number of rotatable bonds is 6. The first kappa shape index (κ1) is 18.3. The Kier molecular flexibility index (Phi) is 6.43. The molecule has 0 spiro atoms. The van der Waals surface area contributed by atoms with Gasteiger partial charge in [0, 0.05) is 31.3 Å². The maximum Gasteiger partial charge on any atom is 0.226 e. The van der Waals surface area contributed by atoms with E-state index in [-0.39, 0.29) is 17.9 Å². The molecule has 2 saturated heterocycles. The van der Waals surface area contributed by atoms with Crippen LogP contribution in [0, 0.1) is 5.92 Å².